The van der Waals surface area contributed by atoms with E-state index in [1.54, 1.807) is 12.1 Å². The van der Waals surface area contributed by atoms with E-state index in [-0.39, 0.29) is 11.9 Å². The fraction of sp³-hybridized carbons (Fsp3) is 0.364. The molecule has 1 aliphatic rings. The molecule has 0 spiro atoms. The summed E-state index contributed by atoms with van der Waals surface area (Å²) < 4.78 is 10.1. The van der Waals surface area contributed by atoms with Gasteiger partial charge in [0.25, 0.3) is 5.97 Å². The van der Waals surface area contributed by atoms with Gasteiger partial charge in [-0.1, -0.05) is 18.2 Å². The molecule has 1 radical (unpaired) electrons. The highest BCUT2D eigenvalue weighted by Crippen LogP contribution is 2.10. The molecule has 0 aliphatic carbocycles. The van der Waals surface area contributed by atoms with Gasteiger partial charge in [0.05, 0.1) is 5.92 Å². The first-order chi connectivity index (χ1) is 7.86. The summed E-state index contributed by atoms with van der Waals surface area (Å²) in [4.78, 5) is 11.5. The lowest BCUT2D eigenvalue weighted by atomic mass is 10.1. The summed E-state index contributed by atoms with van der Waals surface area (Å²) in [7, 11) is 1.09. The van der Waals surface area contributed by atoms with Crippen molar-refractivity contribution in [1.29, 1.82) is 0 Å². The normalized spacial score (nSPS) is 19.1. The van der Waals surface area contributed by atoms with Gasteiger partial charge in [-0.3, -0.25) is 4.79 Å². The molecule has 0 aromatic heterocycles. The number of carbonyl (C=O) groups excluding carboxylic acids is 1. The number of hydrogen-bond donors (Lipinski definition) is 1. The van der Waals surface area contributed by atoms with Crippen LogP contribution >= 0.6 is 0 Å². The molecule has 1 heterocycles. The smallest absolute Gasteiger partial charge is 0.526 e. The number of rotatable bonds is 4. The van der Waals surface area contributed by atoms with Crippen LogP contribution in [0.3, 0.4) is 0 Å². The Morgan fingerprint density at radius 3 is 2.88 bits per heavy atom. The average molecular weight is 218 g/mol. The van der Waals surface area contributed by atoms with Crippen molar-refractivity contribution in [1.82, 2.24) is 5.32 Å². The summed E-state index contributed by atoms with van der Waals surface area (Å²) in [6, 6.07) is 9.18. The van der Waals surface area contributed by atoms with Gasteiger partial charge in [-0.05, 0) is 25.1 Å². The van der Waals surface area contributed by atoms with Crippen LogP contribution in [0.1, 0.15) is 6.42 Å². The highest BCUT2D eigenvalue weighted by Gasteiger charge is 2.24. The summed E-state index contributed by atoms with van der Waals surface area (Å²) >= 11 is 0. The quantitative estimate of drug-likeness (QED) is 0.757. The second-order valence-electron chi connectivity index (χ2n) is 3.65. The molecule has 1 fully saturated rings. The van der Waals surface area contributed by atoms with E-state index < -0.39 is 0 Å². The second kappa shape index (κ2) is 5.56. The summed E-state index contributed by atoms with van der Waals surface area (Å²) in [6.45, 7) is 1.57. The molecule has 16 heavy (non-hydrogen) atoms. The minimum atomic E-state index is -0.235. The van der Waals surface area contributed by atoms with Crippen LogP contribution in [0.15, 0.2) is 30.3 Å². The first-order valence-corrected chi connectivity index (χ1v) is 5.31. The van der Waals surface area contributed by atoms with E-state index in [4.69, 9.17) is 9.31 Å². The lowest BCUT2D eigenvalue weighted by Crippen LogP contribution is -2.23. The van der Waals surface area contributed by atoms with Gasteiger partial charge in [0.15, 0.2) is 0 Å². The summed E-state index contributed by atoms with van der Waals surface area (Å²) in [5, 5.41) is 3.11. The Bertz CT molecular complexity index is 338. The van der Waals surface area contributed by atoms with E-state index in [2.05, 4.69) is 5.32 Å². The molecule has 4 nitrogen and oxygen atoms in total. The Balaban J connectivity index is 1.70. The van der Waals surface area contributed by atoms with Gasteiger partial charge in [-0.25, -0.2) is 0 Å². The lowest BCUT2D eigenvalue weighted by molar-refractivity contribution is -0.138. The van der Waals surface area contributed by atoms with E-state index >= 15 is 0 Å². The van der Waals surface area contributed by atoms with Crippen LogP contribution in [-0.4, -0.2) is 26.7 Å². The number of hydrogen-bond acceptors (Lipinski definition) is 4. The first-order valence-electron chi connectivity index (χ1n) is 5.31. The van der Waals surface area contributed by atoms with Gasteiger partial charge in [0, 0.05) is 6.54 Å². The van der Waals surface area contributed by atoms with Crippen LogP contribution in [0.5, 0.6) is 5.75 Å². The Hall–Kier alpha value is -1.49. The molecule has 0 bridgehead atoms. The van der Waals surface area contributed by atoms with Crippen LogP contribution in [0.2, 0.25) is 0 Å². The zero-order valence-electron chi connectivity index (χ0n) is 8.89. The fourth-order valence-electron chi connectivity index (χ4n) is 1.58. The van der Waals surface area contributed by atoms with E-state index in [9.17, 15) is 4.79 Å². The van der Waals surface area contributed by atoms with Gasteiger partial charge in [-0.15, -0.1) is 0 Å². The van der Waals surface area contributed by atoms with Crippen molar-refractivity contribution >= 4 is 13.7 Å². The molecule has 2 rings (SSSR count). The lowest BCUT2D eigenvalue weighted by Gasteiger charge is -2.08. The topological polar surface area (TPSA) is 47.6 Å². The van der Waals surface area contributed by atoms with Gasteiger partial charge >= 0.3 is 7.69 Å². The van der Waals surface area contributed by atoms with Crippen molar-refractivity contribution in [3.05, 3.63) is 30.3 Å². The molecule has 1 unspecified atom stereocenters. The van der Waals surface area contributed by atoms with Crippen molar-refractivity contribution in [2.24, 2.45) is 5.92 Å². The molecule has 1 saturated heterocycles. The van der Waals surface area contributed by atoms with Gasteiger partial charge in [0.1, 0.15) is 5.75 Å². The molecule has 0 saturated carbocycles. The molecular formula is C11H13BNO3. The third-order valence-corrected chi connectivity index (χ3v) is 2.49. The van der Waals surface area contributed by atoms with Crippen molar-refractivity contribution in [2.75, 3.05) is 13.1 Å². The van der Waals surface area contributed by atoms with Crippen LogP contribution in [0.25, 0.3) is 0 Å². The van der Waals surface area contributed by atoms with Crippen LogP contribution < -0.4 is 9.97 Å². The van der Waals surface area contributed by atoms with Crippen LogP contribution in [0, 0.1) is 5.92 Å². The maximum Gasteiger partial charge on any atom is 0.660 e. The number of nitrogens with one attached hydrogen (secondary N) is 1. The van der Waals surface area contributed by atoms with Gasteiger partial charge < -0.3 is 14.6 Å². The van der Waals surface area contributed by atoms with E-state index in [0.717, 1.165) is 20.7 Å². The summed E-state index contributed by atoms with van der Waals surface area (Å²) in [5.41, 5.74) is 0. The van der Waals surface area contributed by atoms with E-state index in [1.165, 1.54) is 0 Å². The third kappa shape index (κ3) is 3.00. The number of benzene rings is 1. The SMILES string of the molecule is O=C(O[B]Oc1ccccc1)C1CCNC1. The Morgan fingerprint density at radius 2 is 2.19 bits per heavy atom. The Kier molecular flexibility index (Phi) is 3.83. The van der Waals surface area contributed by atoms with Crippen molar-refractivity contribution in [3.63, 3.8) is 0 Å². The van der Waals surface area contributed by atoms with Crippen LogP contribution in [-0.2, 0) is 9.45 Å². The maximum absolute atomic E-state index is 11.5. The predicted molar refractivity (Wildman–Crippen MR) is 59.9 cm³/mol. The number of para-hydroxylation sites is 1. The Labute approximate surface area is 95.2 Å². The van der Waals surface area contributed by atoms with Crippen molar-refractivity contribution in [3.8, 4) is 5.75 Å². The van der Waals surface area contributed by atoms with Gasteiger partial charge in [-0.2, -0.15) is 0 Å². The molecule has 5 heteroatoms. The van der Waals surface area contributed by atoms with Crippen molar-refractivity contribution < 1.29 is 14.1 Å². The molecule has 83 valence electrons. The highest BCUT2D eigenvalue weighted by atomic mass is 16.6. The molecular weight excluding hydrogens is 205 g/mol. The largest absolute Gasteiger partial charge is 0.660 e. The second-order valence-corrected chi connectivity index (χ2v) is 3.65. The van der Waals surface area contributed by atoms with Crippen molar-refractivity contribution in [2.45, 2.75) is 6.42 Å². The van der Waals surface area contributed by atoms with E-state index in [1.807, 2.05) is 18.2 Å². The van der Waals surface area contributed by atoms with E-state index in [0.29, 0.717) is 12.3 Å². The maximum atomic E-state index is 11.5. The summed E-state index contributed by atoms with van der Waals surface area (Å²) in [5.74, 6) is 0.372. The minimum Gasteiger partial charge on any atom is -0.526 e. The highest BCUT2D eigenvalue weighted by molar-refractivity contribution is 6.23. The standard InChI is InChI=1S/C11H13BNO3/c14-11(9-6-7-13-8-9)16-12-15-10-4-2-1-3-5-10/h1-5,9,13H,6-8H2. The third-order valence-electron chi connectivity index (χ3n) is 2.49. The Morgan fingerprint density at radius 1 is 1.38 bits per heavy atom. The zero-order valence-corrected chi connectivity index (χ0v) is 8.89. The minimum absolute atomic E-state index is 0.0457. The first kappa shape index (κ1) is 11.0. The van der Waals surface area contributed by atoms with Gasteiger partial charge in [0.2, 0.25) is 0 Å². The fourth-order valence-corrected chi connectivity index (χ4v) is 1.58. The molecule has 1 aliphatic heterocycles. The monoisotopic (exact) mass is 218 g/mol. The predicted octanol–water partition coefficient (Wildman–Crippen LogP) is 0.752. The van der Waals surface area contributed by atoms with Crippen LogP contribution in [0.4, 0.5) is 0 Å². The molecule has 1 N–H and O–H groups in total. The summed E-state index contributed by atoms with van der Waals surface area (Å²) in [6.07, 6.45) is 0.831. The molecule has 1 aromatic carbocycles. The molecule has 1 aromatic rings. The molecule has 0 amide bonds. The number of carbonyl (C=O) groups is 1. The zero-order chi connectivity index (χ0) is 11.2. The average Bonchev–Trinajstić information content (AvgIpc) is 2.84. The molecule has 1 atom stereocenters.